The molecular weight excluding hydrogens is 218 g/mol. The molecule has 3 heteroatoms. The molecule has 1 aromatic carbocycles. The van der Waals surface area contributed by atoms with E-state index in [2.05, 4.69) is 24.0 Å². The number of aromatic nitrogens is 1. The van der Waals surface area contributed by atoms with E-state index in [1.54, 1.807) is 11.3 Å². The van der Waals surface area contributed by atoms with Gasteiger partial charge in [0.1, 0.15) is 12.4 Å². The number of hydrogen-bond donors (Lipinski definition) is 0. The van der Waals surface area contributed by atoms with E-state index in [0.717, 1.165) is 22.9 Å². The van der Waals surface area contributed by atoms with Crippen LogP contribution in [0.4, 0.5) is 0 Å². The summed E-state index contributed by atoms with van der Waals surface area (Å²) < 4.78 is 5.65. The van der Waals surface area contributed by atoms with Gasteiger partial charge in [-0.2, -0.15) is 0 Å². The lowest BCUT2D eigenvalue weighted by Gasteiger charge is -2.04. The normalized spacial score (nSPS) is 10.4. The van der Waals surface area contributed by atoms with Gasteiger partial charge < -0.3 is 4.74 Å². The van der Waals surface area contributed by atoms with Crippen molar-refractivity contribution in [2.24, 2.45) is 0 Å². The van der Waals surface area contributed by atoms with Crippen LogP contribution in [-0.4, -0.2) is 4.98 Å². The minimum Gasteiger partial charge on any atom is -0.487 e. The van der Waals surface area contributed by atoms with Crippen molar-refractivity contribution in [3.05, 3.63) is 45.9 Å². The van der Waals surface area contributed by atoms with Gasteiger partial charge in [0.15, 0.2) is 0 Å². The number of thiazole rings is 1. The summed E-state index contributed by atoms with van der Waals surface area (Å²) in [5.41, 5.74) is 2.33. The molecule has 0 saturated heterocycles. The molecule has 2 nitrogen and oxygen atoms in total. The van der Waals surface area contributed by atoms with Crippen molar-refractivity contribution >= 4 is 11.3 Å². The van der Waals surface area contributed by atoms with Crippen LogP contribution in [0.3, 0.4) is 0 Å². The highest BCUT2D eigenvalue weighted by Crippen LogP contribution is 2.15. The molecule has 0 aliphatic carbocycles. The number of ether oxygens (including phenoxy) is 1. The van der Waals surface area contributed by atoms with Crippen LogP contribution in [0.5, 0.6) is 5.75 Å². The minimum atomic E-state index is 0.551. The second kappa shape index (κ2) is 5.12. The van der Waals surface area contributed by atoms with Gasteiger partial charge in [-0.3, -0.25) is 0 Å². The van der Waals surface area contributed by atoms with Gasteiger partial charge in [-0.15, -0.1) is 11.3 Å². The summed E-state index contributed by atoms with van der Waals surface area (Å²) in [5, 5.41) is 3.12. The number of benzene rings is 1. The highest BCUT2D eigenvalue weighted by atomic mass is 32.1. The Bertz CT molecular complexity index is 447. The highest BCUT2D eigenvalue weighted by molar-refractivity contribution is 7.09. The fourth-order valence-corrected chi connectivity index (χ4v) is 2.05. The third-order valence-electron chi connectivity index (χ3n) is 2.38. The van der Waals surface area contributed by atoms with E-state index in [9.17, 15) is 0 Å². The molecule has 0 atom stereocenters. The third-order valence-corrected chi connectivity index (χ3v) is 3.21. The fraction of sp³-hybridized carbons (Fsp3) is 0.308. The lowest BCUT2D eigenvalue weighted by Crippen LogP contribution is -1.95. The van der Waals surface area contributed by atoms with Gasteiger partial charge in [-0.1, -0.05) is 19.1 Å². The summed E-state index contributed by atoms with van der Waals surface area (Å²) in [4.78, 5) is 4.35. The van der Waals surface area contributed by atoms with E-state index in [4.69, 9.17) is 4.74 Å². The summed E-state index contributed by atoms with van der Waals surface area (Å²) in [6, 6.07) is 8.22. The zero-order valence-electron chi connectivity index (χ0n) is 9.56. The van der Waals surface area contributed by atoms with Gasteiger partial charge in [0.25, 0.3) is 0 Å². The zero-order chi connectivity index (χ0) is 11.4. The molecule has 1 heterocycles. The quantitative estimate of drug-likeness (QED) is 0.805. The maximum atomic E-state index is 5.65. The third kappa shape index (κ3) is 2.83. The van der Waals surface area contributed by atoms with Gasteiger partial charge in [0.2, 0.25) is 0 Å². The molecular formula is C13H15NOS. The molecule has 1 aromatic heterocycles. The van der Waals surface area contributed by atoms with Gasteiger partial charge in [0, 0.05) is 5.38 Å². The molecule has 0 unspecified atom stereocenters. The van der Waals surface area contributed by atoms with Gasteiger partial charge in [-0.25, -0.2) is 4.98 Å². The molecule has 0 aliphatic rings. The van der Waals surface area contributed by atoms with Crippen LogP contribution >= 0.6 is 11.3 Å². The van der Waals surface area contributed by atoms with Crippen LogP contribution in [-0.2, 0) is 13.0 Å². The molecule has 2 aromatic rings. The zero-order valence-corrected chi connectivity index (χ0v) is 10.4. The molecule has 2 rings (SSSR count). The molecule has 84 valence electrons. The van der Waals surface area contributed by atoms with Crippen molar-refractivity contribution in [3.8, 4) is 5.75 Å². The Morgan fingerprint density at radius 2 is 2.00 bits per heavy atom. The van der Waals surface area contributed by atoms with Crippen LogP contribution in [0, 0.1) is 6.92 Å². The molecule has 0 N–H and O–H groups in total. The summed E-state index contributed by atoms with van der Waals surface area (Å²) >= 11 is 1.65. The fourth-order valence-electron chi connectivity index (χ4n) is 1.45. The Hall–Kier alpha value is -1.35. The Labute approximate surface area is 99.9 Å². The predicted octanol–water partition coefficient (Wildman–Crippen LogP) is 3.59. The smallest absolute Gasteiger partial charge is 0.131 e. The first-order valence-corrected chi connectivity index (χ1v) is 6.28. The lowest BCUT2D eigenvalue weighted by molar-refractivity contribution is 0.302. The van der Waals surface area contributed by atoms with E-state index >= 15 is 0 Å². The summed E-state index contributed by atoms with van der Waals surface area (Å²) in [5.74, 6) is 0.905. The average molecular weight is 233 g/mol. The number of aryl methyl sites for hydroxylation is 2. The van der Waals surface area contributed by atoms with E-state index in [1.165, 1.54) is 5.56 Å². The second-order valence-electron chi connectivity index (χ2n) is 3.64. The van der Waals surface area contributed by atoms with Crippen LogP contribution in [0.15, 0.2) is 29.6 Å². The number of nitrogens with zero attached hydrogens (tertiary/aromatic N) is 1. The first kappa shape index (κ1) is 11.1. The molecule has 16 heavy (non-hydrogen) atoms. The molecule has 0 saturated carbocycles. The van der Waals surface area contributed by atoms with Crippen molar-refractivity contribution in [2.45, 2.75) is 26.9 Å². The number of rotatable bonds is 4. The van der Waals surface area contributed by atoms with Crippen LogP contribution in [0.1, 0.15) is 23.2 Å². The average Bonchev–Trinajstić information content (AvgIpc) is 2.73. The van der Waals surface area contributed by atoms with Crippen LogP contribution < -0.4 is 4.74 Å². The van der Waals surface area contributed by atoms with Crippen molar-refractivity contribution in [1.82, 2.24) is 4.98 Å². The first-order chi connectivity index (χ1) is 7.78. The predicted molar refractivity (Wildman–Crippen MR) is 67.0 cm³/mol. The van der Waals surface area contributed by atoms with E-state index in [-0.39, 0.29) is 0 Å². The number of hydrogen-bond acceptors (Lipinski definition) is 3. The Morgan fingerprint density at radius 1 is 1.25 bits per heavy atom. The summed E-state index contributed by atoms with van der Waals surface area (Å²) in [7, 11) is 0. The standard InChI is InChI=1S/C13H15NOS/c1-3-11-4-6-13(7-5-11)15-8-12-9-16-10(2)14-12/h4-7,9H,3,8H2,1-2H3. The van der Waals surface area contributed by atoms with E-state index in [1.807, 2.05) is 24.4 Å². The molecule has 0 spiro atoms. The van der Waals surface area contributed by atoms with Crippen molar-refractivity contribution in [2.75, 3.05) is 0 Å². The van der Waals surface area contributed by atoms with Crippen molar-refractivity contribution in [1.29, 1.82) is 0 Å². The van der Waals surface area contributed by atoms with Gasteiger partial charge >= 0.3 is 0 Å². The van der Waals surface area contributed by atoms with Crippen molar-refractivity contribution < 1.29 is 4.74 Å². The summed E-state index contributed by atoms with van der Waals surface area (Å²) in [6.07, 6.45) is 1.06. The Balaban J connectivity index is 1.94. The maximum absolute atomic E-state index is 5.65. The van der Waals surface area contributed by atoms with E-state index in [0.29, 0.717) is 6.61 Å². The summed E-state index contributed by atoms with van der Waals surface area (Å²) in [6.45, 7) is 4.70. The Kier molecular flexibility index (Phi) is 3.57. The Morgan fingerprint density at radius 3 is 2.56 bits per heavy atom. The van der Waals surface area contributed by atoms with Crippen LogP contribution in [0.2, 0.25) is 0 Å². The van der Waals surface area contributed by atoms with Gasteiger partial charge in [-0.05, 0) is 31.0 Å². The molecule has 0 amide bonds. The first-order valence-electron chi connectivity index (χ1n) is 5.40. The molecule has 0 fully saturated rings. The molecule has 0 aliphatic heterocycles. The maximum Gasteiger partial charge on any atom is 0.131 e. The highest BCUT2D eigenvalue weighted by Gasteiger charge is 1.99. The van der Waals surface area contributed by atoms with Gasteiger partial charge in [0.05, 0.1) is 10.7 Å². The second-order valence-corrected chi connectivity index (χ2v) is 4.71. The van der Waals surface area contributed by atoms with E-state index < -0.39 is 0 Å². The monoisotopic (exact) mass is 233 g/mol. The lowest BCUT2D eigenvalue weighted by atomic mass is 10.2. The molecule has 0 bridgehead atoms. The SMILES string of the molecule is CCc1ccc(OCc2csc(C)n2)cc1. The minimum absolute atomic E-state index is 0.551. The van der Waals surface area contributed by atoms with Crippen molar-refractivity contribution in [3.63, 3.8) is 0 Å². The molecule has 0 radical (unpaired) electrons. The van der Waals surface area contributed by atoms with Crippen LogP contribution in [0.25, 0.3) is 0 Å². The largest absolute Gasteiger partial charge is 0.487 e. The topological polar surface area (TPSA) is 22.1 Å².